The van der Waals surface area contributed by atoms with Gasteiger partial charge in [0, 0.05) is 30.1 Å². The van der Waals surface area contributed by atoms with Gasteiger partial charge in [0.2, 0.25) is 11.8 Å². The van der Waals surface area contributed by atoms with Crippen molar-refractivity contribution in [3.63, 3.8) is 0 Å². The fraction of sp³-hybridized carbons (Fsp3) is 0.579. The van der Waals surface area contributed by atoms with Crippen LogP contribution >= 0.6 is 36.2 Å². The van der Waals surface area contributed by atoms with Gasteiger partial charge < -0.3 is 15.1 Å². The van der Waals surface area contributed by atoms with Crippen LogP contribution in [0.5, 0.6) is 0 Å². The highest BCUT2D eigenvalue weighted by Crippen LogP contribution is 2.24. The van der Waals surface area contributed by atoms with E-state index in [1.165, 1.54) is 38.5 Å². The summed E-state index contributed by atoms with van der Waals surface area (Å²) in [6, 6.07) is 2.59. The number of aryl methyl sites for hydroxylation is 1. The number of thiophene rings is 1. The third kappa shape index (κ3) is 7.45. The zero-order valence-corrected chi connectivity index (χ0v) is 18.1. The lowest BCUT2D eigenvalue weighted by Crippen LogP contribution is -2.37. The van der Waals surface area contributed by atoms with Gasteiger partial charge in [-0.25, -0.2) is 4.98 Å². The molecule has 1 saturated carbocycles. The Labute approximate surface area is 177 Å². The molecule has 1 amide bonds. The van der Waals surface area contributed by atoms with E-state index in [9.17, 15) is 4.79 Å². The number of carbonyl (C=O) groups excluding carboxylic acids is 1. The van der Waals surface area contributed by atoms with Crippen molar-refractivity contribution in [2.45, 2.75) is 57.9 Å². The van der Waals surface area contributed by atoms with E-state index in [1.54, 1.807) is 11.3 Å². The summed E-state index contributed by atoms with van der Waals surface area (Å²) in [4.78, 5) is 16.6. The van der Waals surface area contributed by atoms with Gasteiger partial charge in [0.1, 0.15) is 5.76 Å². The summed E-state index contributed by atoms with van der Waals surface area (Å²) in [6.07, 6.45) is 8.15. The van der Waals surface area contributed by atoms with Gasteiger partial charge in [0.05, 0.1) is 12.1 Å². The van der Waals surface area contributed by atoms with Gasteiger partial charge in [0.25, 0.3) is 0 Å². The Hall–Kier alpha value is -1.08. The van der Waals surface area contributed by atoms with Gasteiger partial charge in [0.15, 0.2) is 0 Å². The first kappa shape index (κ1) is 24.0. The average Bonchev–Trinajstić information content (AvgIpc) is 3.17. The molecule has 0 radical (unpaired) electrons. The van der Waals surface area contributed by atoms with Crippen molar-refractivity contribution in [1.29, 1.82) is 0 Å². The maximum absolute atomic E-state index is 12.1. The van der Waals surface area contributed by atoms with Crippen molar-refractivity contribution in [2.75, 3.05) is 13.1 Å². The molecular weight excluding hydrogens is 405 g/mol. The number of hydrogen-bond donors (Lipinski definition) is 2. The number of amides is 1. The van der Waals surface area contributed by atoms with Gasteiger partial charge in [-0.3, -0.25) is 4.79 Å². The Morgan fingerprint density at radius 3 is 2.63 bits per heavy atom. The summed E-state index contributed by atoms with van der Waals surface area (Å²) in [5, 5.41) is 10.5. The predicted molar refractivity (Wildman–Crippen MR) is 115 cm³/mol. The Kier molecular flexibility index (Phi) is 11.0. The molecule has 2 aromatic rings. The molecule has 2 N–H and O–H groups in total. The van der Waals surface area contributed by atoms with Crippen LogP contribution in [-0.2, 0) is 11.2 Å². The molecule has 5 nitrogen and oxygen atoms in total. The molecule has 0 atom stereocenters. The first-order chi connectivity index (χ1) is 12.2. The van der Waals surface area contributed by atoms with Gasteiger partial charge in [-0.2, -0.15) is 11.3 Å². The molecule has 0 unspecified atom stereocenters. The number of hydrogen-bond acceptors (Lipinski definition) is 5. The summed E-state index contributed by atoms with van der Waals surface area (Å²) < 4.78 is 5.68. The number of nitrogens with one attached hydrogen (secondary N) is 2. The third-order valence-electron chi connectivity index (χ3n) is 4.72. The molecule has 0 aromatic carbocycles. The minimum absolute atomic E-state index is 0. The molecule has 0 aliphatic heterocycles. The van der Waals surface area contributed by atoms with E-state index in [4.69, 9.17) is 4.42 Å². The molecule has 0 spiro atoms. The van der Waals surface area contributed by atoms with E-state index in [2.05, 4.69) is 15.6 Å². The number of nitrogens with zero attached hydrogens (tertiary/aromatic N) is 1. The molecule has 8 heteroatoms. The van der Waals surface area contributed by atoms with Crippen molar-refractivity contribution in [1.82, 2.24) is 15.6 Å². The molecule has 1 fully saturated rings. The van der Waals surface area contributed by atoms with Crippen LogP contribution in [0.25, 0.3) is 11.5 Å². The van der Waals surface area contributed by atoms with Gasteiger partial charge in [-0.05, 0) is 31.2 Å². The maximum atomic E-state index is 12.1. The quantitative estimate of drug-likeness (QED) is 0.497. The lowest BCUT2D eigenvalue weighted by atomic mass is 10.1. The highest BCUT2D eigenvalue weighted by atomic mass is 35.5. The lowest BCUT2D eigenvalue weighted by molar-refractivity contribution is -0.120. The molecule has 3 rings (SSSR count). The zero-order chi connectivity index (χ0) is 17.5. The first-order valence-electron chi connectivity index (χ1n) is 9.21. The smallest absolute Gasteiger partial charge is 0.227 e. The molecule has 2 aromatic heterocycles. The number of aromatic nitrogens is 1. The Morgan fingerprint density at radius 2 is 1.96 bits per heavy atom. The van der Waals surface area contributed by atoms with Crippen LogP contribution in [-0.4, -0.2) is 30.0 Å². The molecule has 27 heavy (non-hydrogen) atoms. The van der Waals surface area contributed by atoms with E-state index in [0.29, 0.717) is 24.2 Å². The highest BCUT2D eigenvalue weighted by Gasteiger charge is 2.15. The van der Waals surface area contributed by atoms with Crippen molar-refractivity contribution >= 4 is 42.1 Å². The second kappa shape index (κ2) is 12.4. The Morgan fingerprint density at radius 1 is 1.22 bits per heavy atom. The van der Waals surface area contributed by atoms with Crippen molar-refractivity contribution in [2.24, 2.45) is 0 Å². The van der Waals surface area contributed by atoms with E-state index in [-0.39, 0.29) is 37.1 Å². The van der Waals surface area contributed by atoms with E-state index >= 15 is 0 Å². The zero-order valence-electron chi connectivity index (χ0n) is 15.7. The van der Waals surface area contributed by atoms with Crippen molar-refractivity contribution in [3.05, 3.63) is 28.3 Å². The largest absolute Gasteiger partial charge is 0.441 e. The minimum Gasteiger partial charge on any atom is -0.441 e. The van der Waals surface area contributed by atoms with Gasteiger partial charge in [-0.15, -0.1) is 24.8 Å². The standard InChI is InChI=1S/C19H27N3O2S.2ClH/c1-14-17(22-19(24-14)15-8-11-25-13-15)12-18(23)21-10-9-20-16-6-4-2-3-5-7-16;;/h8,11,13,16,20H,2-7,9-10,12H2,1H3,(H,21,23);2*1H. The summed E-state index contributed by atoms with van der Waals surface area (Å²) >= 11 is 1.60. The first-order valence-corrected chi connectivity index (χ1v) is 10.2. The van der Waals surface area contributed by atoms with Crippen LogP contribution < -0.4 is 10.6 Å². The summed E-state index contributed by atoms with van der Waals surface area (Å²) in [5.41, 5.74) is 1.68. The van der Waals surface area contributed by atoms with E-state index < -0.39 is 0 Å². The number of oxazole rings is 1. The molecule has 2 heterocycles. The third-order valence-corrected chi connectivity index (χ3v) is 5.41. The monoisotopic (exact) mass is 433 g/mol. The second-order valence-corrected chi connectivity index (χ2v) is 7.48. The molecule has 0 bridgehead atoms. The van der Waals surface area contributed by atoms with E-state index in [1.807, 2.05) is 23.8 Å². The van der Waals surface area contributed by atoms with Crippen LogP contribution in [0.2, 0.25) is 0 Å². The lowest BCUT2D eigenvalue weighted by Gasteiger charge is -2.16. The van der Waals surface area contributed by atoms with E-state index in [0.717, 1.165) is 17.8 Å². The summed E-state index contributed by atoms with van der Waals surface area (Å²) in [6.45, 7) is 3.34. The number of halogens is 2. The number of carbonyl (C=O) groups is 1. The van der Waals surface area contributed by atoms with Crippen LogP contribution in [0, 0.1) is 6.92 Å². The highest BCUT2D eigenvalue weighted by molar-refractivity contribution is 7.08. The van der Waals surface area contributed by atoms with Gasteiger partial charge >= 0.3 is 0 Å². The van der Waals surface area contributed by atoms with Crippen molar-refractivity contribution in [3.8, 4) is 11.5 Å². The fourth-order valence-corrected chi connectivity index (χ4v) is 3.91. The van der Waals surface area contributed by atoms with Crippen molar-refractivity contribution < 1.29 is 9.21 Å². The minimum atomic E-state index is -0.00376. The second-order valence-electron chi connectivity index (χ2n) is 6.70. The molecular formula is C19H29Cl2N3O2S. The van der Waals surface area contributed by atoms with Crippen LogP contribution in [0.1, 0.15) is 50.0 Å². The molecule has 1 aliphatic carbocycles. The summed E-state index contributed by atoms with van der Waals surface area (Å²) in [5.74, 6) is 1.31. The normalized spacial score (nSPS) is 14.7. The van der Waals surface area contributed by atoms with Crippen LogP contribution in [0.15, 0.2) is 21.2 Å². The summed E-state index contributed by atoms with van der Waals surface area (Å²) in [7, 11) is 0. The molecule has 0 saturated heterocycles. The Balaban J connectivity index is 0.00000182. The van der Waals surface area contributed by atoms with Crippen LogP contribution in [0.4, 0.5) is 0 Å². The molecule has 152 valence electrons. The topological polar surface area (TPSA) is 67.2 Å². The molecule has 1 aliphatic rings. The fourth-order valence-electron chi connectivity index (χ4n) is 3.28. The Bertz CT molecular complexity index is 669. The number of rotatable bonds is 7. The van der Waals surface area contributed by atoms with Gasteiger partial charge in [-0.1, -0.05) is 25.7 Å². The SMILES string of the molecule is Cc1oc(-c2ccsc2)nc1CC(=O)NCCNC1CCCCCC1.Cl.Cl. The average molecular weight is 434 g/mol. The maximum Gasteiger partial charge on any atom is 0.227 e. The van der Waals surface area contributed by atoms with Crippen LogP contribution in [0.3, 0.4) is 0 Å². The predicted octanol–water partition coefficient (Wildman–Crippen LogP) is 4.53.